The Morgan fingerprint density at radius 3 is 2.63 bits per heavy atom. The molecule has 1 heterocycles. The highest BCUT2D eigenvalue weighted by molar-refractivity contribution is 5.51. The van der Waals surface area contributed by atoms with Gasteiger partial charge < -0.3 is 15.4 Å². The van der Waals surface area contributed by atoms with Crippen LogP contribution in [0.1, 0.15) is 39.0 Å². The van der Waals surface area contributed by atoms with Gasteiger partial charge in [-0.2, -0.15) is 0 Å². The minimum absolute atomic E-state index is 0.0992. The van der Waals surface area contributed by atoms with Gasteiger partial charge in [-0.1, -0.05) is 0 Å². The second-order valence-electron chi connectivity index (χ2n) is 6.01. The molecule has 0 saturated carbocycles. The summed E-state index contributed by atoms with van der Waals surface area (Å²) in [7, 11) is 1.73. The average Bonchev–Trinajstić information content (AvgIpc) is 2.33. The summed E-state index contributed by atoms with van der Waals surface area (Å²) in [4.78, 5) is 4.38. The van der Waals surface area contributed by atoms with Crippen molar-refractivity contribution in [3.8, 4) is 0 Å². The summed E-state index contributed by atoms with van der Waals surface area (Å²) < 4.78 is 5.26. The van der Waals surface area contributed by atoms with Crippen LogP contribution in [0.2, 0.25) is 0 Å². The zero-order chi connectivity index (χ0) is 14.5. The van der Waals surface area contributed by atoms with E-state index in [0.717, 1.165) is 24.5 Å². The third-order valence-electron chi connectivity index (χ3n) is 2.91. The van der Waals surface area contributed by atoms with Gasteiger partial charge in [-0.25, -0.2) is 0 Å². The molecule has 1 unspecified atom stereocenters. The number of methoxy groups -OCH3 is 1. The molecule has 0 aromatic carbocycles. The van der Waals surface area contributed by atoms with Gasteiger partial charge in [-0.15, -0.1) is 0 Å². The summed E-state index contributed by atoms with van der Waals surface area (Å²) in [6.07, 6.45) is 2.13. The first-order valence-electron chi connectivity index (χ1n) is 6.79. The van der Waals surface area contributed by atoms with E-state index in [9.17, 15) is 0 Å². The molecule has 1 aromatic heterocycles. The molecule has 0 fully saturated rings. The van der Waals surface area contributed by atoms with Crippen LogP contribution >= 0.6 is 0 Å². The van der Waals surface area contributed by atoms with Crippen LogP contribution in [0.3, 0.4) is 0 Å². The van der Waals surface area contributed by atoms with Gasteiger partial charge >= 0.3 is 0 Å². The summed E-state index contributed by atoms with van der Waals surface area (Å²) in [5.41, 5.74) is 3.44. The van der Waals surface area contributed by atoms with Crippen molar-refractivity contribution in [2.45, 2.75) is 52.8 Å². The fourth-order valence-electron chi connectivity index (χ4n) is 1.59. The van der Waals surface area contributed by atoms with Crippen molar-refractivity contribution in [3.05, 3.63) is 23.5 Å². The Morgan fingerprint density at radius 1 is 1.37 bits per heavy atom. The third-order valence-corrected chi connectivity index (χ3v) is 2.91. The number of anilines is 1. The molecule has 0 saturated heterocycles. The first-order chi connectivity index (χ1) is 8.81. The van der Waals surface area contributed by atoms with E-state index in [4.69, 9.17) is 4.74 Å². The van der Waals surface area contributed by atoms with E-state index >= 15 is 0 Å². The summed E-state index contributed by atoms with van der Waals surface area (Å²) in [6, 6.07) is 2.09. The van der Waals surface area contributed by atoms with Crippen LogP contribution in [0, 0.1) is 6.92 Å². The average molecular weight is 265 g/mol. The Morgan fingerprint density at radius 2 is 2.05 bits per heavy atom. The smallest absolute Gasteiger partial charge is 0.0715 e. The highest BCUT2D eigenvalue weighted by Gasteiger charge is 2.11. The minimum Gasteiger partial charge on any atom is -0.382 e. The second kappa shape index (κ2) is 6.87. The fourth-order valence-corrected chi connectivity index (χ4v) is 1.59. The number of aromatic nitrogens is 1. The number of rotatable bonds is 6. The van der Waals surface area contributed by atoms with Crippen molar-refractivity contribution in [2.24, 2.45) is 0 Å². The molecule has 0 bridgehead atoms. The zero-order valence-corrected chi connectivity index (χ0v) is 13.0. The molecule has 0 radical (unpaired) electrons. The van der Waals surface area contributed by atoms with E-state index in [1.54, 1.807) is 7.11 Å². The summed E-state index contributed by atoms with van der Waals surface area (Å²) in [5.74, 6) is 0. The molecule has 2 N–H and O–H groups in total. The highest BCUT2D eigenvalue weighted by atomic mass is 16.5. The number of hydrogen-bond donors (Lipinski definition) is 2. The van der Waals surface area contributed by atoms with Crippen LogP contribution in [-0.4, -0.2) is 30.3 Å². The van der Waals surface area contributed by atoms with E-state index in [1.807, 2.05) is 20.0 Å². The van der Waals surface area contributed by atoms with Crippen LogP contribution in [0.25, 0.3) is 0 Å². The Hall–Kier alpha value is -1.13. The predicted molar refractivity (Wildman–Crippen MR) is 80.5 cm³/mol. The van der Waals surface area contributed by atoms with Gasteiger partial charge in [-0.3, -0.25) is 4.98 Å². The maximum Gasteiger partial charge on any atom is 0.0715 e. The Kier molecular flexibility index (Phi) is 5.76. The number of nitrogens with one attached hydrogen (secondary N) is 2. The van der Waals surface area contributed by atoms with Gasteiger partial charge in [0.15, 0.2) is 0 Å². The van der Waals surface area contributed by atoms with E-state index in [2.05, 4.69) is 42.5 Å². The van der Waals surface area contributed by atoms with Crippen molar-refractivity contribution < 1.29 is 4.74 Å². The topological polar surface area (TPSA) is 46.2 Å². The van der Waals surface area contributed by atoms with Gasteiger partial charge in [0.2, 0.25) is 0 Å². The lowest BCUT2D eigenvalue weighted by Crippen LogP contribution is -2.35. The lowest BCUT2D eigenvalue weighted by atomic mass is 10.1. The first kappa shape index (κ1) is 15.9. The lowest BCUT2D eigenvalue weighted by Gasteiger charge is -2.22. The summed E-state index contributed by atoms with van der Waals surface area (Å²) in [5, 5.41) is 6.92. The Labute approximate surface area is 117 Å². The molecule has 0 aliphatic heterocycles. The molecular weight excluding hydrogens is 238 g/mol. The van der Waals surface area contributed by atoms with Gasteiger partial charge in [0.05, 0.1) is 6.10 Å². The summed E-state index contributed by atoms with van der Waals surface area (Å²) >= 11 is 0. The molecule has 1 atom stereocenters. The van der Waals surface area contributed by atoms with Gasteiger partial charge in [0.1, 0.15) is 0 Å². The number of nitrogens with zero attached hydrogens (tertiary/aromatic N) is 1. The van der Waals surface area contributed by atoms with Gasteiger partial charge in [0, 0.05) is 48.9 Å². The van der Waals surface area contributed by atoms with Crippen LogP contribution in [-0.2, 0) is 11.3 Å². The molecule has 0 amide bonds. The maximum absolute atomic E-state index is 5.26. The van der Waals surface area contributed by atoms with E-state index in [-0.39, 0.29) is 11.6 Å². The summed E-state index contributed by atoms with van der Waals surface area (Å²) in [6.45, 7) is 12.1. The lowest BCUT2D eigenvalue weighted by molar-refractivity contribution is 0.129. The molecule has 1 aromatic rings. The molecule has 0 aliphatic rings. The van der Waals surface area contributed by atoms with Crippen LogP contribution in [0.15, 0.2) is 12.3 Å². The molecule has 1 rings (SSSR count). The van der Waals surface area contributed by atoms with Crippen molar-refractivity contribution in [2.75, 3.05) is 19.0 Å². The minimum atomic E-state index is 0.0992. The van der Waals surface area contributed by atoms with E-state index < -0.39 is 0 Å². The maximum atomic E-state index is 5.26. The molecule has 19 heavy (non-hydrogen) atoms. The van der Waals surface area contributed by atoms with E-state index in [1.165, 1.54) is 5.56 Å². The van der Waals surface area contributed by atoms with Gasteiger partial charge in [-0.05, 0) is 40.7 Å². The van der Waals surface area contributed by atoms with Crippen LogP contribution < -0.4 is 10.6 Å². The first-order valence-corrected chi connectivity index (χ1v) is 6.79. The van der Waals surface area contributed by atoms with Gasteiger partial charge in [0.25, 0.3) is 0 Å². The molecule has 0 spiro atoms. The Balaban J connectivity index is 2.74. The molecule has 4 heteroatoms. The van der Waals surface area contributed by atoms with Crippen LogP contribution in [0.5, 0.6) is 0 Å². The number of hydrogen-bond acceptors (Lipinski definition) is 4. The van der Waals surface area contributed by atoms with E-state index in [0.29, 0.717) is 0 Å². The van der Waals surface area contributed by atoms with Crippen LogP contribution in [0.4, 0.5) is 5.69 Å². The monoisotopic (exact) mass is 265 g/mol. The quantitative estimate of drug-likeness (QED) is 0.830. The van der Waals surface area contributed by atoms with Crippen molar-refractivity contribution in [3.63, 3.8) is 0 Å². The highest BCUT2D eigenvalue weighted by Crippen LogP contribution is 2.17. The largest absolute Gasteiger partial charge is 0.382 e. The number of ether oxygens (including phenoxy) is 1. The standard InChI is InChI=1S/C15H27N3O/c1-11-7-14(17-8-12(2)19-6)13(9-16-11)10-18-15(3,4)5/h7,9,12,18H,8,10H2,1-6H3,(H,16,17). The SMILES string of the molecule is COC(C)CNc1cc(C)ncc1CNC(C)(C)C. The normalized spacial score (nSPS) is 13.4. The predicted octanol–water partition coefficient (Wildman–Crippen LogP) is 2.72. The fraction of sp³-hybridized carbons (Fsp3) is 0.667. The molecule has 0 aliphatic carbocycles. The Bertz CT molecular complexity index is 399. The molecule has 108 valence electrons. The number of aryl methyl sites for hydroxylation is 1. The van der Waals surface area contributed by atoms with Crippen molar-refractivity contribution in [1.29, 1.82) is 0 Å². The molecule has 4 nitrogen and oxygen atoms in total. The third kappa shape index (κ3) is 6.03. The zero-order valence-electron chi connectivity index (χ0n) is 13.0. The molecular formula is C15H27N3O. The second-order valence-corrected chi connectivity index (χ2v) is 6.01. The van der Waals surface area contributed by atoms with Crippen molar-refractivity contribution >= 4 is 5.69 Å². The number of pyridine rings is 1. The van der Waals surface area contributed by atoms with Crippen molar-refractivity contribution in [1.82, 2.24) is 10.3 Å².